The first-order valence-corrected chi connectivity index (χ1v) is 6.98. The first-order chi connectivity index (χ1) is 10.6. The molecule has 0 unspecified atom stereocenters. The van der Waals surface area contributed by atoms with Crippen LogP contribution in [0.1, 0.15) is 30.1 Å². The number of ether oxygens (including phenoxy) is 1. The topological polar surface area (TPSA) is 99.0 Å². The summed E-state index contributed by atoms with van der Waals surface area (Å²) in [5, 5.41) is 13.6. The van der Waals surface area contributed by atoms with E-state index < -0.39 is 12.1 Å². The molecule has 1 aliphatic carbocycles. The standard InChI is InChI=1S/C14H15N5O3/c1-9(13(20)16-11-4-5-11)22-14(21)10-2-6-12(7-3-10)19-8-15-17-18-19/h2-3,6-9,11H,4-5H2,1H3,(H,16,20)/t9-/m0/s1. The van der Waals surface area contributed by atoms with Crippen molar-refractivity contribution in [3.05, 3.63) is 36.2 Å². The number of hydrogen-bond acceptors (Lipinski definition) is 6. The van der Waals surface area contributed by atoms with Crippen LogP contribution in [0.15, 0.2) is 30.6 Å². The van der Waals surface area contributed by atoms with Gasteiger partial charge >= 0.3 is 5.97 Å². The summed E-state index contributed by atoms with van der Waals surface area (Å²) in [7, 11) is 0. The summed E-state index contributed by atoms with van der Waals surface area (Å²) in [6.07, 6.45) is 2.63. The molecule has 8 nitrogen and oxygen atoms in total. The van der Waals surface area contributed by atoms with E-state index in [1.807, 2.05) is 0 Å². The minimum Gasteiger partial charge on any atom is -0.449 e. The maximum Gasteiger partial charge on any atom is 0.338 e. The van der Waals surface area contributed by atoms with E-state index >= 15 is 0 Å². The fraction of sp³-hybridized carbons (Fsp3) is 0.357. The third-order valence-corrected chi connectivity index (χ3v) is 3.29. The summed E-state index contributed by atoms with van der Waals surface area (Å²) >= 11 is 0. The van der Waals surface area contributed by atoms with Crippen molar-refractivity contribution in [3.63, 3.8) is 0 Å². The SMILES string of the molecule is C[C@H](OC(=O)c1ccc(-n2cnnn2)cc1)C(=O)NC1CC1. The van der Waals surface area contributed by atoms with Crippen molar-refractivity contribution in [1.82, 2.24) is 25.5 Å². The van der Waals surface area contributed by atoms with Crippen LogP contribution >= 0.6 is 0 Å². The third-order valence-electron chi connectivity index (χ3n) is 3.29. The van der Waals surface area contributed by atoms with Crippen LogP contribution in [0.3, 0.4) is 0 Å². The molecule has 1 aliphatic rings. The lowest BCUT2D eigenvalue weighted by Gasteiger charge is -2.13. The zero-order valence-corrected chi connectivity index (χ0v) is 12.0. The van der Waals surface area contributed by atoms with Gasteiger partial charge in [0.25, 0.3) is 5.91 Å². The van der Waals surface area contributed by atoms with Gasteiger partial charge in [0, 0.05) is 6.04 Å². The number of benzene rings is 1. The van der Waals surface area contributed by atoms with Gasteiger partial charge < -0.3 is 10.1 Å². The van der Waals surface area contributed by atoms with Crippen molar-refractivity contribution in [2.75, 3.05) is 0 Å². The van der Waals surface area contributed by atoms with Gasteiger partial charge in [-0.15, -0.1) is 5.10 Å². The fourth-order valence-electron chi connectivity index (χ4n) is 1.86. The molecule has 0 aliphatic heterocycles. The van der Waals surface area contributed by atoms with Gasteiger partial charge in [-0.3, -0.25) is 4.79 Å². The second kappa shape index (κ2) is 5.92. The molecule has 114 valence electrons. The number of aromatic nitrogens is 4. The second-order valence-electron chi connectivity index (χ2n) is 5.13. The average molecular weight is 301 g/mol. The first-order valence-electron chi connectivity index (χ1n) is 6.98. The molecule has 1 aromatic carbocycles. The highest BCUT2D eigenvalue weighted by Gasteiger charge is 2.27. The Kier molecular flexibility index (Phi) is 3.82. The molecule has 3 rings (SSSR count). The Labute approximate surface area is 126 Å². The first kappa shape index (κ1) is 14.2. The number of carbonyl (C=O) groups is 2. The van der Waals surface area contributed by atoms with Gasteiger partial charge in [-0.1, -0.05) is 0 Å². The van der Waals surface area contributed by atoms with Crippen LogP contribution in [0.4, 0.5) is 0 Å². The van der Waals surface area contributed by atoms with Crippen molar-refractivity contribution in [2.24, 2.45) is 0 Å². The van der Waals surface area contributed by atoms with Crippen LogP contribution in [-0.4, -0.2) is 44.2 Å². The molecule has 0 spiro atoms. The molecule has 0 radical (unpaired) electrons. The van der Waals surface area contributed by atoms with Gasteiger partial charge in [-0.2, -0.15) is 0 Å². The lowest BCUT2D eigenvalue weighted by atomic mass is 10.2. The Hall–Kier alpha value is -2.77. The molecular weight excluding hydrogens is 286 g/mol. The normalized spacial score (nSPS) is 15.1. The van der Waals surface area contributed by atoms with Gasteiger partial charge in [0.1, 0.15) is 6.33 Å². The smallest absolute Gasteiger partial charge is 0.338 e. The quantitative estimate of drug-likeness (QED) is 0.807. The van der Waals surface area contributed by atoms with E-state index in [0.717, 1.165) is 18.5 Å². The van der Waals surface area contributed by atoms with Crippen LogP contribution in [0, 0.1) is 0 Å². The van der Waals surface area contributed by atoms with Crippen molar-refractivity contribution >= 4 is 11.9 Å². The Balaban J connectivity index is 1.60. The van der Waals surface area contributed by atoms with E-state index in [0.29, 0.717) is 5.56 Å². The molecule has 2 aromatic rings. The van der Waals surface area contributed by atoms with Crippen molar-refractivity contribution in [3.8, 4) is 5.69 Å². The Morgan fingerprint density at radius 3 is 2.64 bits per heavy atom. The predicted octanol–water partition coefficient (Wildman–Crippen LogP) is 0.486. The number of hydrogen-bond donors (Lipinski definition) is 1. The van der Waals surface area contributed by atoms with E-state index in [9.17, 15) is 9.59 Å². The van der Waals surface area contributed by atoms with E-state index in [2.05, 4.69) is 20.8 Å². The van der Waals surface area contributed by atoms with Crippen molar-refractivity contribution in [1.29, 1.82) is 0 Å². The zero-order chi connectivity index (χ0) is 15.5. The van der Waals surface area contributed by atoms with Crippen molar-refractivity contribution < 1.29 is 14.3 Å². The summed E-state index contributed by atoms with van der Waals surface area (Å²) in [6.45, 7) is 1.56. The number of esters is 1. The van der Waals surface area contributed by atoms with Gasteiger partial charge in [0.2, 0.25) is 0 Å². The number of rotatable bonds is 5. The number of nitrogens with zero attached hydrogens (tertiary/aromatic N) is 4. The fourth-order valence-corrected chi connectivity index (χ4v) is 1.86. The Morgan fingerprint density at radius 1 is 1.32 bits per heavy atom. The highest BCUT2D eigenvalue weighted by Crippen LogP contribution is 2.19. The lowest BCUT2D eigenvalue weighted by molar-refractivity contribution is -0.129. The highest BCUT2D eigenvalue weighted by atomic mass is 16.5. The summed E-state index contributed by atoms with van der Waals surface area (Å²) < 4.78 is 6.63. The van der Waals surface area contributed by atoms with Crippen LogP contribution in [-0.2, 0) is 9.53 Å². The summed E-state index contributed by atoms with van der Waals surface area (Å²) in [6, 6.07) is 6.84. The van der Waals surface area contributed by atoms with E-state index in [1.54, 1.807) is 31.2 Å². The second-order valence-corrected chi connectivity index (χ2v) is 5.13. The maximum atomic E-state index is 12.0. The molecule has 8 heteroatoms. The molecule has 1 saturated carbocycles. The van der Waals surface area contributed by atoms with Crippen LogP contribution in [0.25, 0.3) is 5.69 Å². The zero-order valence-electron chi connectivity index (χ0n) is 12.0. The maximum absolute atomic E-state index is 12.0. The van der Waals surface area contributed by atoms with E-state index in [-0.39, 0.29) is 11.9 Å². The van der Waals surface area contributed by atoms with E-state index in [4.69, 9.17) is 4.74 Å². The van der Waals surface area contributed by atoms with Crippen LogP contribution in [0.5, 0.6) is 0 Å². The summed E-state index contributed by atoms with van der Waals surface area (Å²) in [5.74, 6) is -0.803. The molecule has 1 N–H and O–H groups in total. The van der Waals surface area contributed by atoms with Gasteiger partial charge in [-0.25, -0.2) is 9.48 Å². The van der Waals surface area contributed by atoms with Crippen molar-refractivity contribution in [2.45, 2.75) is 31.9 Å². The third kappa shape index (κ3) is 3.27. The molecule has 0 saturated heterocycles. The number of nitrogens with one attached hydrogen (secondary N) is 1. The van der Waals surface area contributed by atoms with Gasteiger partial charge in [0.05, 0.1) is 11.3 Å². The Bertz CT molecular complexity index is 664. The minimum absolute atomic E-state index is 0.240. The summed E-state index contributed by atoms with van der Waals surface area (Å²) in [4.78, 5) is 23.8. The molecule has 1 fully saturated rings. The average Bonchev–Trinajstić information content (AvgIpc) is 3.17. The van der Waals surface area contributed by atoms with Gasteiger partial charge in [0.15, 0.2) is 6.10 Å². The van der Waals surface area contributed by atoms with Crippen LogP contribution < -0.4 is 5.32 Å². The molecule has 22 heavy (non-hydrogen) atoms. The van der Waals surface area contributed by atoms with E-state index in [1.165, 1.54) is 11.0 Å². The molecule has 1 amide bonds. The molecule has 1 aromatic heterocycles. The van der Waals surface area contributed by atoms with Crippen LogP contribution in [0.2, 0.25) is 0 Å². The molecular formula is C14H15N5O3. The number of carbonyl (C=O) groups excluding carboxylic acids is 2. The number of tetrazole rings is 1. The number of amides is 1. The lowest BCUT2D eigenvalue weighted by Crippen LogP contribution is -2.37. The largest absolute Gasteiger partial charge is 0.449 e. The van der Waals surface area contributed by atoms with Gasteiger partial charge in [-0.05, 0) is 54.5 Å². The highest BCUT2D eigenvalue weighted by molar-refractivity contribution is 5.92. The minimum atomic E-state index is -0.813. The predicted molar refractivity (Wildman–Crippen MR) is 75.2 cm³/mol. The molecule has 0 bridgehead atoms. The monoisotopic (exact) mass is 301 g/mol. The molecule has 1 atom stereocenters. The Morgan fingerprint density at radius 2 is 2.05 bits per heavy atom. The molecule has 1 heterocycles. The summed E-state index contributed by atoms with van der Waals surface area (Å²) in [5.41, 5.74) is 1.09.